The van der Waals surface area contributed by atoms with Crippen LogP contribution in [0.3, 0.4) is 0 Å². The van der Waals surface area contributed by atoms with Gasteiger partial charge in [-0.25, -0.2) is 9.79 Å². The van der Waals surface area contributed by atoms with Gasteiger partial charge in [0.15, 0.2) is 5.70 Å². The lowest BCUT2D eigenvalue weighted by atomic mass is 10.2. The molecular weight excluding hydrogens is 300 g/mol. The van der Waals surface area contributed by atoms with E-state index in [0.29, 0.717) is 5.02 Å². The zero-order valence-electron chi connectivity index (χ0n) is 11.4. The molecule has 1 aliphatic rings. The summed E-state index contributed by atoms with van der Waals surface area (Å²) < 4.78 is 5.10. The number of pyridine rings is 1. The number of halogens is 1. The van der Waals surface area contributed by atoms with Crippen LogP contribution in [0.25, 0.3) is 12.2 Å². The third kappa shape index (κ3) is 3.48. The molecule has 0 bridgehead atoms. The number of carbonyl (C=O) groups is 1. The number of benzene rings is 1. The smallest absolute Gasteiger partial charge is 0.363 e. The fourth-order valence-electron chi connectivity index (χ4n) is 1.86. The topological polar surface area (TPSA) is 51.5 Å². The number of ether oxygens (including phenoxy) is 1. The van der Waals surface area contributed by atoms with E-state index >= 15 is 0 Å². The fraction of sp³-hybridized carbons (Fsp3) is 0. The van der Waals surface area contributed by atoms with Gasteiger partial charge in [0.25, 0.3) is 0 Å². The van der Waals surface area contributed by atoms with Gasteiger partial charge >= 0.3 is 5.97 Å². The molecule has 0 spiro atoms. The van der Waals surface area contributed by atoms with E-state index in [-0.39, 0.29) is 11.6 Å². The van der Waals surface area contributed by atoms with Gasteiger partial charge in [-0.3, -0.25) is 4.98 Å². The molecule has 0 radical (unpaired) electrons. The molecule has 0 atom stereocenters. The number of carbonyl (C=O) groups excluding carboxylic acids is 1. The van der Waals surface area contributed by atoms with Crippen LogP contribution in [0.5, 0.6) is 0 Å². The number of rotatable bonds is 3. The largest absolute Gasteiger partial charge is 0.403 e. The minimum atomic E-state index is -0.473. The number of esters is 1. The van der Waals surface area contributed by atoms with Gasteiger partial charge in [-0.1, -0.05) is 29.8 Å². The summed E-state index contributed by atoms with van der Waals surface area (Å²) in [5, 5.41) is 0.670. The molecule has 22 heavy (non-hydrogen) atoms. The highest BCUT2D eigenvalue weighted by atomic mass is 35.5. The van der Waals surface area contributed by atoms with Crippen molar-refractivity contribution in [3.8, 4) is 0 Å². The summed E-state index contributed by atoms with van der Waals surface area (Å²) >= 11 is 5.82. The molecular formula is C17H11ClN2O2. The number of aliphatic imine (C=N–C) groups is 1. The Morgan fingerprint density at radius 1 is 1.05 bits per heavy atom. The summed E-state index contributed by atoms with van der Waals surface area (Å²) in [6.45, 7) is 0. The Kier molecular flexibility index (Phi) is 4.12. The van der Waals surface area contributed by atoms with E-state index in [1.54, 1.807) is 48.8 Å². The number of cyclic esters (lactones) is 1. The second-order valence-corrected chi connectivity index (χ2v) is 4.98. The number of hydrogen-bond donors (Lipinski definition) is 0. The molecule has 4 nitrogen and oxygen atoms in total. The van der Waals surface area contributed by atoms with Gasteiger partial charge in [0.1, 0.15) is 0 Å². The summed E-state index contributed by atoms with van der Waals surface area (Å²) in [7, 11) is 0. The highest BCUT2D eigenvalue weighted by molar-refractivity contribution is 6.30. The van der Waals surface area contributed by atoms with Crippen LogP contribution in [0.2, 0.25) is 5.02 Å². The van der Waals surface area contributed by atoms with Crippen molar-refractivity contribution in [1.29, 1.82) is 0 Å². The average Bonchev–Trinajstić information content (AvgIpc) is 2.88. The van der Waals surface area contributed by atoms with Crippen LogP contribution in [-0.4, -0.2) is 16.9 Å². The van der Waals surface area contributed by atoms with Crippen molar-refractivity contribution in [3.63, 3.8) is 0 Å². The van der Waals surface area contributed by atoms with Crippen LogP contribution in [0.4, 0.5) is 0 Å². The second kappa shape index (κ2) is 6.37. The molecule has 0 saturated heterocycles. The summed E-state index contributed by atoms with van der Waals surface area (Å²) in [6.07, 6.45) is 8.40. The Morgan fingerprint density at radius 2 is 1.86 bits per heavy atom. The molecule has 5 heteroatoms. The van der Waals surface area contributed by atoms with E-state index in [1.165, 1.54) is 0 Å². The van der Waals surface area contributed by atoms with E-state index in [1.807, 2.05) is 18.2 Å². The lowest BCUT2D eigenvalue weighted by Crippen LogP contribution is -2.01. The first-order valence-corrected chi connectivity index (χ1v) is 6.95. The highest BCUT2D eigenvalue weighted by Crippen LogP contribution is 2.16. The predicted octanol–water partition coefficient (Wildman–Crippen LogP) is 3.74. The van der Waals surface area contributed by atoms with Crippen LogP contribution >= 0.6 is 11.6 Å². The molecule has 3 rings (SSSR count). The van der Waals surface area contributed by atoms with Crippen LogP contribution in [0, 0.1) is 0 Å². The van der Waals surface area contributed by atoms with E-state index in [9.17, 15) is 4.79 Å². The molecule has 0 saturated carbocycles. The fourth-order valence-corrected chi connectivity index (χ4v) is 1.98. The minimum absolute atomic E-state index is 0.253. The standard InChI is InChI=1S/C17H11ClN2O2/c18-14-6-3-12(4-7-14)5-8-16-20-15(17(21)22-16)10-13-2-1-9-19-11-13/h1-11H. The van der Waals surface area contributed by atoms with Crippen LogP contribution in [0.1, 0.15) is 11.1 Å². The van der Waals surface area contributed by atoms with Gasteiger partial charge < -0.3 is 4.74 Å². The first-order chi connectivity index (χ1) is 10.7. The van der Waals surface area contributed by atoms with Crippen molar-refractivity contribution in [2.75, 3.05) is 0 Å². The lowest BCUT2D eigenvalue weighted by Gasteiger charge is -1.94. The maximum Gasteiger partial charge on any atom is 0.363 e. The SMILES string of the molecule is O=C1OC(C=Cc2ccc(Cl)cc2)=NC1=Cc1cccnc1. The maximum absolute atomic E-state index is 11.8. The molecule has 1 aliphatic heterocycles. The van der Waals surface area contributed by atoms with Gasteiger partial charge in [0.05, 0.1) is 0 Å². The summed E-state index contributed by atoms with van der Waals surface area (Å²) in [5.74, 6) is -0.213. The van der Waals surface area contributed by atoms with Gasteiger partial charge in [-0.15, -0.1) is 0 Å². The lowest BCUT2D eigenvalue weighted by molar-refractivity contribution is -0.129. The first kappa shape index (κ1) is 14.2. The molecule has 2 aromatic rings. The van der Waals surface area contributed by atoms with E-state index in [0.717, 1.165) is 11.1 Å². The molecule has 1 aromatic heterocycles. The molecule has 0 aliphatic carbocycles. The molecule has 1 aromatic carbocycles. The predicted molar refractivity (Wildman–Crippen MR) is 86.2 cm³/mol. The van der Waals surface area contributed by atoms with Gasteiger partial charge in [0, 0.05) is 23.5 Å². The second-order valence-electron chi connectivity index (χ2n) is 4.54. The van der Waals surface area contributed by atoms with Gasteiger partial charge in [-0.05, 0) is 41.5 Å². The van der Waals surface area contributed by atoms with Crippen molar-refractivity contribution >= 4 is 35.6 Å². The zero-order valence-corrected chi connectivity index (χ0v) is 12.2. The van der Waals surface area contributed by atoms with Crippen LogP contribution < -0.4 is 0 Å². The molecule has 108 valence electrons. The van der Waals surface area contributed by atoms with Crippen molar-refractivity contribution in [3.05, 3.63) is 76.7 Å². The Morgan fingerprint density at radius 3 is 2.59 bits per heavy atom. The Labute approximate surface area is 132 Å². The molecule has 2 heterocycles. The monoisotopic (exact) mass is 310 g/mol. The first-order valence-electron chi connectivity index (χ1n) is 6.57. The zero-order chi connectivity index (χ0) is 15.4. The maximum atomic E-state index is 11.8. The number of hydrogen-bond acceptors (Lipinski definition) is 4. The Balaban J connectivity index is 1.78. The summed E-state index contributed by atoms with van der Waals surface area (Å²) in [6, 6.07) is 10.9. The third-order valence-corrected chi connectivity index (χ3v) is 3.17. The Hall–Kier alpha value is -2.72. The molecule has 0 unspecified atom stereocenters. The molecule has 0 amide bonds. The van der Waals surface area contributed by atoms with Crippen molar-refractivity contribution < 1.29 is 9.53 Å². The van der Waals surface area contributed by atoms with Crippen molar-refractivity contribution in [2.45, 2.75) is 0 Å². The number of aromatic nitrogens is 1. The van der Waals surface area contributed by atoms with Gasteiger partial charge in [0.2, 0.25) is 5.90 Å². The molecule has 0 N–H and O–H groups in total. The normalized spacial score (nSPS) is 16.1. The summed E-state index contributed by atoms with van der Waals surface area (Å²) in [4.78, 5) is 19.9. The average molecular weight is 311 g/mol. The minimum Gasteiger partial charge on any atom is -0.403 e. The van der Waals surface area contributed by atoms with E-state index in [2.05, 4.69) is 9.98 Å². The third-order valence-electron chi connectivity index (χ3n) is 2.91. The van der Waals surface area contributed by atoms with Crippen molar-refractivity contribution in [1.82, 2.24) is 4.98 Å². The van der Waals surface area contributed by atoms with E-state index < -0.39 is 5.97 Å². The van der Waals surface area contributed by atoms with Crippen molar-refractivity contribution in [2.24, 2.45) is 4.99 Å². The summed E-state index contributed by atoms with van der Waals surface area (Å²) in [5.41, 5.74) is 1.98. The Bertz CT molecular complexity index is 778. The highest BCUT2D eigenvalue weighted by Gasteiger charge is 2.20. The quantitative estimate of drug-likeness (QED) is 0.641. The van der Waals surface area contributed by atoms with Crippen LogP contribution in [-0.2, 0) is 9.53 Å². The van der Waals surface area contributed by atoms with E-state index in [4.69, 9.17) is 16.3 Å². The van der Waals surface area contributed by atoms with Crippen LogP contribution in [0.15, 0.2) is 65.6 Å². The van der Waals surface area contributed by atoms with Gasteiger partial charge in [-0.2, -0.15) is 0 Å². The molecule has 0 fully saturated rings. The number of nitrogens with zero attached hydrogens (tertiary/aromatic N) is 2.